The van der Waals surface area contributed by atoms with Crippen LogP contribution in [0, 0.1) is 10.1 Å². The summed E-state index contributed by atoms with van der Waals surface area (Å²) in [5.74, 6) is -1.10. The number of hydrogen-bond acceptors (Lipinski definition) is 4. The summed E-state index contributed by atoms with van der Waals surface area (Å²) in [5.41, 5.74) is 0.108. The van der Waals surface area contributed by atoms with Crippen LogP contribution in [0.1, 0.15) is 5.56 Å². The molecule has 1 aromatic rings. The Hall–Kier alpha value is -2.34. The quantitative estimate of drug-likeness (QED) is 0.492. The van der Waals surface area contributed by atoms with Crippen LogP contribution in [0.5, 0.6) is 5.75 Å². The molecule has 0 aromatic heterocycles. The summed E-state index contributed by atoms with van der Waals surface area (Å²) in [5, 5.41) is 19.6. The number of carbonyl (C=O) groups is 1. The van der Waals surface area contributed by atoms with Gasteiger partial charge in [-0.1, -0.05) is 24.2 Å². The summed E-state index contributed by atoms with van der Waals surface area (Å²) < 4.78 is 5.13. The lowest BCUT2D eigenvalue weighted by Crippen LogP contribution is -2.00. The van der Waals surface area contributed by atoms with Gasteiger partial charge in [-0.25, -0.2) is 4.79 Å². The SMILES string of the molecule is C=C(Cl)COc1ccc(/C=C/C(=O)O)cc1[N+](=O)[O-]. The smallest absolute Gasteiger partial charge is 0.328 e. The van der Waals surface area contributed by atoms with Crippen molar-refractivity contribution in [2.75, 3.05) is 6.61 Å². The van der Waals surface area contributed by atoms with Gasteiger partial charge in [0.25, 0.3) is 0 Å². The Kier molecular flexibility index (Phi) is 5.08. The van der Waals surface area contributed by atoms with Crippen molar-refractivity contribution in [2.45, 2.75) is 0 Å². The van der Waals surface area contributed by atoms with Crippen molar-refractivity contribution in [3.8, 4) is 5.75 Å². The van der Waals surface area contributed by atoms with Crippen LogP contribution in [0.15, 0.2) is 35.9 Å². The first kappa shape index (κ1) is 14.7. The zero-order chi connectivity index (χ0) is 14.4. The normalized spacial score (nSPS) is 10.4. The molecule has 0 amide bonds. The molecule has 19 heavy (non-hydrogen) atoms. The van der Waals surface area contributed by atoms with Gasteiger partial charge in [0.2, 0.25) is 0 Å². The third-order valence-corrected chi connectivity index (χ3v) is 2.09. The van der Waals surface area contributed by atoms with Crippen molar-refractivity contribution in [1.82, 2.24) is 0 Å². The van der Waals surface area contributed by atoms with E-state index in [1.54, 1.807) is 0 Å². The lowest BCUT2D eigenvalue weighted by Gasteiger charge is -2.06. The molecule has 0 bridgehead atoms. The van der Waals surface area contributed by atoms with Crippen LogP contribution in [0.4, 0.5) is 5.69 Å². The monoisotopic (exact) mass is 283 g/mol. The maximum Gasteiger partial charge on any atom is 0.328 e. The molecule has 0 atom stereocenters. The molecule has 1 aromatic carbocycles. The van der Waals surface area contributed by atoms with Crippen LogP contribution in [0.2, 0.25) is 0 Å². The number of aliphatic carboxylic acids is 1. The van der Waals surface area contributed by atoms with Crippen molar-refractivity contribution in [1.29, 1.82) is 0 Å². The van der Waals surface area contributed by atoms with Gasteiger partial charge in [0.15, 0.2) is 5.75 Å². The van der Waals surface area contributed by atoms with E-state index in [1.165, 1.54) is 24.3 Å². The topological polar surface area (TPSA) is 89.7 Å². The molecule has 1 rings (SSSR count). The van der Waals surface area contributed by atoms with Gasteiger partial charge in [-0.05, 0) is 17.7 Å². The highest BCUT2D eigenvalue weighted by molar-refractivity contribution is 6.29. The van der Waals surface area contributed by atoms with Crippen molar-refractivity contribution < 1.29 is 19.6 Å². The minimum atomic E-state index is -1.14. The number of nitro benzene ring substituents is 1. The summed E-state index contributed by atoms with van der Waals surface area (Å²) in [7, 11) is 0. The third-order valence-electron chi connectivity index (χ3n) is 1.98. The molecule has 0 fully saturated rings. The van der Waals surface area contributed by atoms with Gasteiger partial charge in [0.05, 0.1) is 4.92 Å². The molecule has 0 aliphatic carbocycles. The molecule has 6 nitrogen and oxygen atoms in total. The zero-order valence-electron chi connectivity index (χ0n) is 9.71. The summed E-state index contributed by atoms with van der Waals surface area (Å²) in [6.45, 7) is 3.36. The Labute approximate surface area is 113 Å². The third kappa shape index (κ3) is 4.81. The lowest BCUT2D eigenvalue weighted by atomic mass is 10.1. The van der Waals surface area contributed by atoms with Crippen molar-refractivity contribution >= 4 is 29.3 Å². The fraction of sp³-hybridized carbons (Fsp3) is 0.0833. The number of benzene rings is 1. The van der Waals surface area contributed by atoms with Gasteiger partial charge in [-0.2, -0.15) is 0 Å². The Morgan fingerprint density at radius 3 is 2.79 bits per heavy atom. The van der Waals surface area contributed by atoms with E-state index in [-0.39, 0.29) is 23.1 Å². The van der Waals surface area contributed by atoms with Crippen molar-refractivity contribution in [3.63, 3.8) is 0 Å². The fourth-order valence-corrected chi connectivity index (χ4v) is 1.28. The highest BCUT2D eigenvalue weighted by atomic mass is 35.5. The minimum Gasteiger partial charge on any atom is -0.481 e. The fourth-order valence-electron chi connectivity index (χ4n) is 1.23. The molecular weight excluding hydrogens is 274 g/mol. The van der Waals surface area contributed by atoms with Gasteiger partial charge in [0.1, 0.15) is 6.61 Å². The largest absolute Gasteiger partial charge is 0.481 e. The van der Waals surface area contributed by atoms with Crippen LogP contribution in [0.25, 0.3) is 6.08 Å². The van der Waals surface area contributed by atoms with Crippen LogP contribution in [0.3, 0.4) is 0 Å². The molecule has 0 aliphatic heterocycles. The van der Waals surface area contributed by atoms with Gasteiger partial charge in [-0.15, -0.1) is 0 Å². The standard InChI is InChI=1S/C12H10ClNO5/c1-8(13)7-19-11-4-2-9(3-5-12(15)16)6-10(11)14(17)18/h2-6H,1,7H2,(H,15,16)/b5-3+. The Balaban J connectivity index is 3.04. The number of ether oxygens (including phenoxy) is 1. The molecule has 0 spiro atoms. The number of rotatable bonds is 6. The molecule has 7 heteroatoms. The zero-order valence-corrected chi connectivity index (χ0v) is 10.5. The second-order valence-corrected chi connectivity index (χ2v) is 4.00. The maximum absolute atomic E-state index is 10.9. The second kappa shape index (κ2) is 6.55. The maximum atomic E-state index is 10.9. The molecule has 100 valence electrons. The number of hydrogen-bond donors (Lipinski definition) is 1. The first-order chi connectivity index (χ1) is 8.90. The van der Waals surface area contributed by atoms with Gasteiger partial charge in [-0.3, -0.25) is 10.1 Å². The molecule has 0 saturated carbocycles. The van der Waals surface area contributed by atoms with Crippen molar-refractivity contribution in [3.05, 3.63) is 51.6 Å². The Morgan fingerprint density at radius 2 is 2.26 bits per heavy atom. The van der Waals surface area contributed by atoms with E-state index in [2.05, 4.69) is 6.58 Å². The van der Waals surface area contributed by atoms with Crippen LogP contribution >= 0.6 is 11.6 Å². The van der Waals surface area contributed by atoms with Crippen LogP contribution in [-0.2, 0) is 4.79 Å². The van der Waals surface area contributed by atoms with Gasteiger partial charge in [0, 0.05) is 17.2 Å². The predicted molar refractivity (Wildman–Crippen MR) is 70.3 cm³/mol. The van der Waals surface area contributed by atoms with E-state index in [9.17, 15) is 14.9 Å². The number of halogens is 1. The molecule has 0 unspecified atom stereocenters. The molecule has 0 aliphatic rings. The predicted octanol–water partition coefficient (Wildman–Crippen LogP) is 2.82. The number of nitro groups is 1. The molecule has 0 radical (unpaired) electrons. The second-order valence-electron chi connectivity index (χ2n) is 3.46. The lowest BCUT2D eigenvalue weighted by molar-refractivity contribution is -0.385. The van der Waals surface area contributed by atoms with Crippen LogP contribution in [-0.4, -0.2) is 22.6 Å². The van der Waals surface area contributed by atoms with E-state index >= 15 is 0 Å². The van der Waals surface area contributed by atoms with E-state index in [0.29, 0.717) is 5.56 Å². The highest BCUT2D eigenvalue weighted by Gasteiger charge is 2.15. The minimum absolute atomic E-state index is 0.0410. The average molecular weight is 284 g/mol. The summed E-state index contributed by atoms with van der Waals surface area (Å²) in [4.78, 5) is 20.6. The average Bonchev–Trinajstić information content (AvgIpc) is 2.33. The number of nitrogens with zero attached hydrogens (tertiary/aromatic N) is 1. The van der Waals surface area contributed by atoms with Crippen LogP contribution < -0.4 is 4.74 Å². The number of carboxylic acids is 1. The summed E-state index contributed by atoms with van der Waals surface area (Å²) >= 11 is 5.51. The Morgan fingerprint density at radius 1 is 1.58 bits per heavy atom. The molecule has 1 N–H and O–H groups in total. The first-order valence-corrected chi connectivity index (χ1v) is 5.43. The van der Waals surface area contributed by atoms with E-state index in [4.69, 9.17) is 21.4 Å². The summed E-state index contributed by atoms with van der Waals surface area (Å²) in [6.07, 6.45) is 2.14. The molecular formula is C12H10ClNO5. The van der Waals surface area contributed by atoms with Crippen molar-refractivity contribution in [2.24, 2.45) is 0 Å². The van der Waals surface area contributed by atoms with E-state index in [1.807, 2.05) is 0 Å². The number of carboxylic acid groups (broad SMARTS) is 1. The van der Waals surface area contributed by atoms with E-state index in [0.717, 1.165) is 6.08 Å². The highest BCUT2D eigenvalue weighted by Crippen LogP contribution is 2.28. The van der Waals surface area contributed by atoms with Gasteiger partial charge < -0.3 is 9.84 Å². The molecule has 0 heterocycles. The van der Waals surface area contributed by atoms with E-state index < -0.39 is 10.9 Å². The Bertz CT molecular complexity index is 553. The van der Waals surface area contributed by atoms with Gasteiger partial charge >= 0.3 is 11.7 Å². The summed E-state index contributed by atoms with van der Waals surface area (Å²) in [6, 6.07) is 4.09. The molecule has 0 saturated heterocycles. The first-order valence-electron chi connectivity index (χ1n) is 5.05.